The average molecular weight is 400 g/mol. The highest BCUT2D eigenvalue weighted by molar-refractivity contribution is 7.98. The number of hydrogen-bond acceptors (Lipinski definition) is 4. The minimum atomic E-state index is -0.0816. The summed E-state index contributed by atoms with van der Waals surface area (Å²) in [5.74, 6) is 0.674. The third-order valence-corrected chi connectivity index (χ3v) is 5.63. The zero-order valence-corrected chi connectivity index (χ0v) is 16.3. The number of aromatic amines is 1. The van der Waals surface area contributed by atoms with Crippen LogP contribution in [0, 0.1) is 0 Å². The van der Waals surface area contributed by atoms with Gasteiger partial charge < -0.3 is 9.72 Å². The number of rotatable bonds is 6. The summed E-state index contributed by atoms with van der Waals surface area (Å²) >= 11 is 7.60. The van der Waals surface area contributed by atoms with Crippen molar-refractivity contribution in [2.24, 2.45) is 0 Å². The molecule has 27 heavy (non-hydrogen) atoms. The summed E-state index contributed by atoms with van der Waals surface area (Å²) in [4.78, 5) is 21.1. The normalized spacial score (nSPS) is 11.5. The zero-order chi connectivity index (χ0) is 18.8. The molecule has 0 radical (unpaired) electrons. The van der Waals surface area contributed by atoms with Crippen LogP contribution < -0.4 is 5.56 Å². The van der Waals surface area contributed by atoms with E-state index in [4.69, 9.17) is 21.3 Å². The van der Waals surface area contributed by atoms with E-state index in [-0.39, 0.29) is 5.56 Å². The lowest BCUT2D eigenvalue weighted by Crippen LogP contribution is -2.25. The summed E-state index contributed by atoms with van der Waals surface area (Å²) in [7, 11) is 1.62. The second kappa shape index (κ2) is 7.76. The molecule has 4 rings (SSSR count). The molecule has 138 valence electrons. The van der Waals surface area contributed by atoms with Gasteiger partial charge in [0, 0.05) is 28.8 Å². The largest absolute Gasteiger partial charge is 0.383 e. The van der Waals surface area contributed by atoms with E-state index in [1.54, 1.807) is 11.7 Å². The highest BCUT2D eigenvalue weighted by Gasteiger charge is 2.15. The van der Waals surface area contributed by atoms with Crippen molar-refractivity contribution in [3.8, 4) is 0 Å². The Morgan fingerprint density at radius 1 is 1.22 bits per heavy atom. The van der Waals surface area contributed by atoms with Gasteiger partial charge in [-0.15, -0.1) is 0 Å². The van der Waals surface area contributed by atoms with E-state index in [1.165, 1.54) is 11.8 Å². The molecule has 0 spiro atoms. The number of ether oxygens (including phenoxy) is 1. The maximum Gasteiger partial charge on any atom is 0.278 e. The van der Waals surface area contributed by atoms with E-state index in [1.807, 2.05) is 48.5 Å². The van der Waals surface area contributed by atoms with Gasteiger partial charge in [-0.2, -0.15) is 0 Å². The number of halogens is 1. The molecule has 5 nitrogen and oxygen atoms in total. The molecule has 2 aromatic heterocycles. The SMILES string of the molecule is COCCn1c(SCc2cccc(Cl)c2)nc2c([nH]c3ccccc32)c1=O. The first kappa shape index (κ1) is 18.1. The number of H-pyrrole nitrogens is 1. The van der Waals surface area contributed by atoms with E-state index in [0.29, 0.717) is 40.1 Å². The molecule has 0 atom stereocenters. The zero-order valence-electron chi connectivity index (χ0n) is 14.7. The molecule has 2 aromatic carbocycles. The molecule has 4 aromatic rings. The number of para-hydroxylation sites is 1. The summed E-state index contributed by atoms with van der Waals surface area (Å²) in [6.07, 6.45) is 0. The van der Waals surface area contributed by atoms with Crippen molar-refractivity contribution < 1.29 is 4.74 Å². The monoisotopic (exact) mass is 399 g/mol. The third-order valence-electron chi connectivity index (χ3n) is 4.35. The van der Waals surface area contributed by atoms with Crippen molar-refractivity contribution in [1.82, 2.24) is 14.5 Å². The maximum absolute atomic E-state index is 13.1. The molecule has 0 saturated carbocycles. The van der Waals surface area contributed by atoms with Crippen LogP contribution in [0.4, 0.5) is 0 Å². The van der Waals surface area contributed by atoms with Gasteiger partial charge in [0.15, 0.2) is 5.16 Å². The molecule has 2 heterocycles. The molecule has 0 aliphatic carbocycles. The first-order valence-corrected chi connectivity index (χ1v) is 9.91. The summed E-state index contributed by atoms with van der Waals surface area (Å²) < 4.78 is 6.86. The molecule has 0 unspecified atom stereocenters. The van der Waals surface area contributed by atoms with Crippen LogP contribution in [-0.2, 0) is 17.0 Å². The van der Waals surface area contributed by atoms with Gasteiger partial charge in [-0.05, 0) is 23.8 Å². The Bertz CT molecular complexity index is 1170. The van der Waals surface area contributed by atoms with Crippen LogP contribution in [0.25, 0.3) is 21.9 Å². The fraction of sp³-hybridized carbons (Fsp3) is 0.200. The first-order valence-electron chi connectivity index (χ1n) is 8.55. The fourth-order valence-corrected chi connectivity index (χ4v) is 4.21. The Hall–Kier alpha value is -2.28. The fourth-order valence-electron chi connectivity index (χ4n) is 3.04. The molecular formula is C20H18ClN3O2S. The van der Waals surface area contributed by atoms with Gasteiger partial charge in [0.2, 0.25) is 0 Å². The van der Waals surface area contributed by atoms with Gasteiger partial charge in [0.05, 0.1) is 13.2 Å². The van der Waals surface area contributed by atoms with Gasteiger partial charge >= 0.3 is 0 Å². The smallest absolute Gasteiger partial charge is 0.278 e. The molecule has 7 heteroatoms. The highest BCUT2D eigenvalue weighted by atomic mass is 35.5. The molecule has 1 N–H and O–H groups in total. The summed E-state index contributed by atoms with van der Waals surface area (Å²) in [6.45, 7) is 0.892. The molecule has 0 bridgehead atoms. The molecule has 0 saturated heterocycles. The van der Waals surface area contributed by atoms with Crippen molar-refractivity contribution in [3.63, 3.8) is 0 Å². The Morgan fingerprint density at radius 3 is 2.89 bits per heavy atom. The van der Waals surface area contributed by atoms with Crippen molar-refractivity contribution in [2.45, 2.75) is 17.5 Å². The average Bonchev–Trinajstić information content (AvgIpc) is 3.05. The molecule has 0 fully saturated rings. The van der Waals surface area contributed by atoms with Crippen LogP contribution >= 0.6 is 23.4 Å². The van der Waals surface area contributed by atoms with E-state index < -0.39 is 0 Å². The van der Waals surface area contributed by atoms with Gasteiger partial charge in [0.25, 0.3) is 5.56 Å². The number of hydrogen-bond donors (Lipinski definition) is 1. The lowest BCUT2D eigenvalue weighted by molar-refractivity contribution is 0.183. The topological polar surface area (TPSA) is 59.9 Å². The van der Waals surface area contributed by atoms with Crippen LogP contribution in [0.1, 0.15) is 5.56 Å². The Kier molecular flexibility index (Phi) is 5.20. The highest BCUT2D eigenvalue weighted by Crippen LogP contribution is 2.27. The van der Waals surface area contributed by atoms with E-state index >= 15 is 0 Å². The van der Waals surface area contributed by atoms with Crippen molar-refractivity contribution in [2.75, 3.05) is 13.7 Å². The predicted molar refractivity (Wildman–Crippen MR) is 111 cm³/mol. The number of nitrogens with one attached hydrogen (secondary N) is 1. The number of aromatic nitrogens is 3. The minimum Gasteiger partial charge on any atom is -0.383 e. The van der Waals surface area contributed by atoms with E-state index in [0.717, 1.165) is 16.5 Å². The van der Waals surface area contributed by atoms with Crippen LogP contribution in [0.2, 0.25) is 5.02 Å². The predicted octanol–water partition coefficient (Wildman–Crippen LogP) is 4.47. The van der Waals surface area contributed by atoms with Crippen molar-refractivity contribution in [3.05, 3.63) is 69.5 Å². The van der Waals surface area contributed by atoms with Crippen molar-refractivity contribution >= 4 is 45.3 Å². The third kappa shape index (κ3) is 3.60. The van der Waals surface area contributed by atoms with Gasteiger partial charge in [0.1, 0.15) is 11.0 Å². The molecule has 0 aliphatic heterocycles. The van der Waals surface area contributed by atoms with Gasteiger partial charge in [-0.1, -0.05) is 53.7 Å². The number of fused-ring (bicyclic) bond motifs is 3. The minimum absolute atomic E-state index is 0.0816. The summed E-state index contributed by atoms with van der Waals surface area (Å²) in [5, 5.41) is 2.33. The van der Waals surface area contributed by atoms with Crippen LogP contribution in [0.3, 0.4) is 0 Å². The van der Waals surface area contributed by atoms with Crippen molar-refractivity contribution in [1.29, 1.82) is 0 Å². The lowest BCUT2D eigenvalue weighted by atomic mass is 10.2. The standard InChI is InChI=1S/C20H18ClN3O2S/c1-26-10-9-24-19(25)18-17(15-7-2-3-8-16(15)22-18)23-20(24)27-12-13-5-4-6-14(21)11-13/h2-8,11,22H,9-10,12H2,1H3. The second-order valence-electron chi connectivity index (χ2n) is 6.16. The van der Waals surface area contributed by atoms with Crippen LogP contribution in [0.15, 0.2) is 58.5 Å². The Balaban J connectivity index is 1.80. The molecule has 0 amide bonds. The Labute approximate surface area is 165 Å². The van der Waals surface area contributed by atoms with Gasteiger partial charge in [-0.25, -0.2) is 4.98 Å². The molecular weight excluding hydrogens is 382 g/mol. The maximum atomic E-state index is 13.1. The van der Waals surface area contributed by atoms with Crippen LogP contribution in [0.5, 0.6) is 0 Å². The number of thioether (sulfide) groups is 1. The molecule has 0 aliphatic rings. The summed E-state index contributed by atoms with van der Waals surface area (Å²) in [6, 6.07) is 15.5. The van der Waals surface area contributed by atoms with Gasteiger partial charge in [-0.3, -0.25) is 9.36 Å². The quantitative estimate of drug-likeness (QED) is 0.384. The Morgan fingerprint density at radius 2 is 2.07 bits per heavy atom. The van der Waals surface area contributed by atoms with E-state index in [9.17, 15) is 4.79 Å². The number of nitrogens with zero attached hydrogens (tertiary/aromatic N) is 2. The van der Waals surface area contributed by atoms with E-state index in [2.05, 4.69) is 4.98 Å². The second-order valence-corrected chi connectivity index (χ2v) is 7.54. The number of methoxy groups -OCH3 is 1. The lowest BCUT2D eigenvalue weighted by Gasteiger charge is -2.11. The van der Waals surface area contributed by atoms with Crippen LogP contribution in [-0.4, -0.2) is 28.3 Å². The first-order chi connectivity index (χ1) is 13.2. The summed E-state index contributed by atoms with van der Waals surface area (Å²) in [5.41, 5.74) is 3.14. The number of benzene rings is 2.